The highest BCUT2D eigenvalue weighted by Crippen LogP contribution is 2.36. The summed E-state index contributed by atoms with van der Waals surface area (Å²) in [4.78, 5) is 38.9. The quantitative estimate of drug-likeness (QED) is 0.181. The van der Waals surface area contributed by atoms with Gasteiger partial charge in [0.2, 0.25) is 11.9 Å². The molecule has 4 N–H and O–H groups in total. The first-order chi connectivity index (χ1) is 20.6. The van der Waals surface area contributed by atoms with Crippen molar-refractivity contribution in [3.8, 4) is 11.3 Å². The van der Waals surface area contributed by atoms with Crippen molar-refractivity contribution in [3.05, 3.63) is 83.7 Å². The summed E-state index contributed by atoms with van der Waals surface area (Å²) in [5, 5.41) is 9.75. The third-order valence-electron chi connectivity index (χ3n) is 7.07. The molecule has 2 heterocycles. The molecule has 0 bridgehead atoms. The number of likely N-dealkylation sites (N-methyl/N-ethyl adjacent to an activating group) is 1. The minimum Gasteiger partial charge on any atom is -0.360 e. The number of amides is 2. The van der Waals surface area contributed by atoms with Crippen LogP contribution >= 0.6 is 11.6 Å². The van der Waals surface area contributed by atoms with E-state index in [-0.39, 0.29) is 18.3 Å². The highest BCUT2D eigenvalue weighted by molar-refractivity contribution is 6.33. The van der Waals surface area contributed by atoms with Crippen molar-refractivity contribution in [2.45, 2.75) is 37.3 Å². The first-order valence-electron chi connectivity index (χ1n) is 13.8. The zero-order valence-corrected chi connectivity index (χ0v) is 24.5. The van der Waals surface area contributed by atoms with E-state index >= 15 is 0 Å². The van der Waals surface area contributed by atoms with Crippen LogP contribution in [0.15, 0.2) is 73.1 Å². The molecule has 0 radical (unpaired) electrons. The number of aromatic amines is 1. The molecule has 0 spiro atoms. The van der Waals surface area contributed by atoms with Crippen LogP contribution in [0.2, 0.25) is 5.02 Å². The molecule has 2 atom stereocenters. The standard InChI is InChI=1S/C31H32ClF2N7O2/c1-41(2)13-5-8-27(42)37-20-11-9-19(10-12-20)29(43)38-21-14-22(16-31(33,34)15-21)39-30-36-18-25(32)28(40-30)24-17-35-26-7-4-3-6-23(24)26/h3-12,17-18,21-22,35H,13-16H2,1-2H3,(H,37,42)(H,38,43)(H,36,39,40)/b8-5+. The largest absolute Gasteiger partial charge is 0.360 e. The van der Waals surface area contributed by atoms with Gasteiger partial charge in [-0.05, 0) is 50.8 Å². The van der Waals surface area contributed by atoms with E-state index in [1.165, 1.54) is 12.3 Å². The number of alkyl halides is 2. The van der Waals surface area contributed by atoms with Crippen LogP contribution in [-0.4, -0.2) is 70.3 Å². The molecular weight excluding hydrogens is 576 g/mol. The smallest absolute Gasteiger partial charge is 0.252 e. The van der Waals surface area contributed by atoms with Crippen LogP contribution in [0.25, 0.3) is 22.2 Å². The lowest BCUT2D eigenvalue weighted by molar-refractivity contribution is -0.111. The molecule has 2 aromatic heterocycles. The topological polar surface area (TPSA) is 115 Å². The highest BCUT2D eigenvalue weighted by Gasteiger charge is 2.42. The average molecular weight is 608 g/mol. The second kappa shape index (κ2) is 12.9. The minimum absolute atomic E-state index is 0.173. The monoisotopic (exact) mass is 607 g/mol. The predicted octanol–water partition coefficient (Wildman–Crippen LogP) is 5.73. The maximum Gasteiger partial charge on any atom is 0.252 e. The maximum atomic E-state index is 14.8. The van der Waals surface area contributed by atoms with Gasteiger partial charge >= 0.3 is 0 Å². The predicted molar refractivity (Wildman–Crippen MR) is 165 cm³/mol. The number of carbonyl (C=O) groups excluding carboxylic acids is 2. The van der Waals surface area contributed by atoms with Crippen molar-refractivity contribution in [1.29, 1.82) is 0 Å². The lowest BCUT2D eigenvalue weighted by Gasteiger charge is -2.35. The number of nitrogens with zero attached hydrogens (tertiary/aromatic N) is 3. The molecule has 9 nitrogen and oxygen atoms in total. The SMILES string of the molecule is CN(C)C/C=C/C(=O)Nc1ccc(C(=O)NC2CC(Nc3ncc(Cl)c(-c4c[nH]c5ccccc45)n3)CC(F)(F)C2)cc1. The van der Waals surface area contributed by atoms with Crippen LogP contribution in [-0.2, 0) is 4.79 Å². The fraction of sp³-hybridized carbons (Fsp3) is 0.290. The number of halogens is 3. The average Bonchev–Trinajstić information content (AvgIpc) is 3.37. The van der Waals surface area contributed by atoms with Gasteiger partial charge in [0.1, 0.15) is 0 Å². The number of benzene rings is 2. The number of nitrogens with one attached hydrogen (secondary N) is 4. The second-order valence-corrected chi connectivity index (χ2v) is 11.3. The van der Waals surface area contributed by atoms with Crippen LogP contribution in [0.1, 0.15) is 29.6 Å². The molecule has 1 saturated carbocycles. The van der Waals surface area contributed by atoms with Gasteiger partial charge in [-0.1, -0.05) is 35.9 Å². The summed E-state index contributed by atoms with van der Waals surface area (Å²) in [7, 11) is 3.79. The molecule has 12 heteroatoms. The molecular formula is C31H32ClF2N7O2. The van der Waals surface area contributed by atoms with Crippen molar-refractivity contribution < 1.29 is 18.4 Å². The van der Waals surface area contributed by atoms with E-state index in [0.29, 0.717) is 28.5 Å². The summed E-state index contributed by atoms with van der Waals surface area (Å²) < 4.78 is 29.6. The normalized spacial score (nSPS) is 18.2. The van der Waals surface area contributed by atoms with Gasteiger partial charge in [-0.15, -0.1) is 0 Å². The minimum atomic E-state index is -3.01. The zero-order valence-electron chi connectivity index (χ0n) is 23.7. The van der Waals surface area contributed by atoms with E-state index in [2.05, 4.69) is 30.9 Å². The van der Waals surface area contributed by atoms with Crippen molar-refractivity contribution in [3.63, 3.8) is 0 Å². The molecule has 2 amide bonds. The van der Waals surface area contributed by atoms with Gasteiger partial charge in [0, 0.05) is 71.5 Å². The van der Waals surface area contributed by atoms with E-state index in [9.17, 15) is 18.4 Å². The number of rotatable bonds is 9. The molecule has 1 aliphatic carbocycles. The summed E-state index contributed by atoms with van der Waals surface area (Å²) in [6.07, 6.45) is 5.77. The first kappa shape index (κ1) is 30.1. The molecule has 224 valence electrons. The molecule has 2 unspecified atom stereocenters. The second-order valence-electron chi connectivity index (χ2n) is 10.9. The van der Waals surface area contributed by atoms with Gasteiger partial charge in [0.05, 0.1) is 16.9 Å². The number of para-hydroxylation sites is 1. The van der Waals surface area contributed by atoms with Crippen LogP contribution in [0.5, 0.6) is 0 Å². The Morgan fingerprint density at radius 2 is 1.86 bits per heavy atom. The van der Waals surface area contributed by atoms with E-state index < -0.39 is 36.8 Å². The van der Waals surface area contributed by atoms with Gasteiger partial charge in [0.15, 0.2) is 0 Å². The van der Waals surface area contributed by atoms with Crippen molar-refractivity contribution in [2.24, 2.45) is 0 Å². The number of hydrogen-bond donors (Lipinski definition) is 4. The summed E-state index contributed by atoms with van der Waals surface area (Å²) in [6.45, 7) is 0.627. The molecule has 1 aliphatic rings. The number of aromatic nitrogens is 3. The molecule has 1 fully saturated rings. The Labute approximate surface area is 252 Å². The molecule has 5 rings (SSSR count). The van der Waals surface area contributed by atoms with E-state index in [1.54, 1.807) is 36.5 Å². The van der Waals surface area contributed by atoms with Crippen molar-refractivity contribution in [1.82, 2.24) is 25.2 Å². The Kier molecular flexibility index (Phi) is 9.02. The number of fused-ring (bicyclic) bond motifs is 1. The third-order valence-corrected chi connectivity index (χ3v) is 7.35. The van der Waals surface area contributed by atoms with Crippen molar-refractivity contribution >= 4 is 46.0 Å². The van der Waals surface area contributed by atoms with Gasteiger partial charge in [-0.2, -0.15) is 0 Å². The molecule has 43 heavy (non-hydrogen) atoms. The lowest BCUT2D eigenvalue weighted by Crippen LogP contribution is -2.48. The van der Waals surface area contributed by atoms with Crippen LogP contribution in [0.4, 0.5) is 20.4 Å². The van der Waals surface area contributed by atoms with Gasteiger partial charge in [-0.3, -0.25) is 9.59 Å². The molecule has 0 aliphatic heterocycles. The number of carbonyl (C=O) groups is 2. The Hall–Kier alpha value is -4.35. The lowest BCUT2D eigenvalue weighted by atomic mass is 9.87. The Morgan fingerprint density at radius 1 is 1.12 bits per heavy atom. The molecule has 2 aromatic carbocycles. The number of H-pyrrole nitrogens is 1. The Balaban J connectivity index is 1.23. The summed E-state index contributed by atoms with van der Waals surface area (Å²) in [5.74, 6) is -3.60. The van der Waals surface area contributed by atoms with Gasteiger partial charge < -0.3 is 25.8 Å². The first-order valence-corrected chi connectivity index (χ1v) is 14.2. The highest BCUT2D eigenvalue weighted by atomic mass is 35.5. The summed E-state index contributed by atoms with van der Waals surface area (Å²) in [5.41, 5.74) is 2.98. The fourth-order valence-corrected chi connectivity index (χ4v) is 5.33. The van der Waals surface area contributed by atoms with Crippen molar-refractivity contribution in [2.75, 3.05) is 31.3 Å². The van der Waals surface area contributed by atoms with E-state index in [0.717, 1.165) is 16.5 Å². The zero-order chi connectivity index (χ0) is 30.6. The van der Waals surface area contributed by atoms with Gasteiger partial charge in [-0.25, -0.2) is 18.7 Å². The molecule has 0 saturated heterocycles. The van der Waals surface area contributed by atoms with Crippen LogP contribution < -0.4 is 16.0 Å². The van der Waals surface area contributed by atoms with E-state index in [4.69, 9.17) is 11.6 Å². The molecule has 4 aromatic rings. The Morgan fingerprint density at radius 3 is 2.63 bits per heavy atom. The number of hydrogen-bond acceptors (Lipinski definition) is 6. The number of anilines is 2. The van der Waals surface area contributed by atoms with Crippen LogP contribution in [0, 0.1) is 0 Å². The van der Waals surface area contributed by atoms with Gasteiger partial charge in [0.25, 0.3) is 11.8 Å². The third kappa shape index (κ3) is 7.74. The fourth-order valence-electron chi connectivity index (χ4n) is 5.14. The van der Waals surface area contributed by atoms with Crippen LogP contribution in [0.3, 0.4) is 0 Å². The summed E-state index contributed by atoms with van der Waals surface area (Å²) in [6, 6.07) is 12.5. The Bertz CT molecular complexity index is 1640. The summed E-state index contributed by atoms with van der Waals surface area (Å²) >= 11 is 6.42. The van der Waals surface area contributed by atoms with E-state index in [1.807, 2.05) is 43.3 Å². The maximum absolute atomic E-state index is 14.8.